The van der Waals surface area contributed by atoms with Crippen LogP contribution >= 0.6 is 11.6 Å². The van der Waals surface area contributed by atoms with Crippen LogP contribution in [0.4, 0.5) is 13.2 Å². The molecule has 0 atom stereocenters. The Morgan fingerprint density at radius 1 is 1.29 bits per heavy atom. The first-order valence-corrected chi connectivity index (χ1v) is 4.99. The topological polar surface area (TPSA) is 30.7 Å². The SMILES string of the molecule is Cc1cc(C(F)(F)F)c(Cl)cc1-n1cncn1. The summed E-state index contributed by atoms with van der Waals surface area (Å²) < 4.78 is 39.1. The van der Waals surface area contributed by atoms with Gasteiger partial charge in [-0.3, -0.25) is 0 Å². The van der Waals surface area contributed by atoms with Crippen LogP contribution in [0, 0.1) is 6.92 Å². The van der Waals surface area contributed by atoms with Gasteiger partial charge in [0.2, 0.25) is 0 Å². The van der Waals surface area contributed by atoms with Crippen molar-refractivity contribution >= 4 is 11.6 Å². The quantitative estimate of drug-likeness (QED) is 0.789. The van der Waals surface area contributed by atoms with E-state index in [9.17, 15) is 13.2 Å². The Kier molecular flexibility index (Phi) is 2.82. The van der Waals surface area contributed by atoms with Gasteiger partial charge in [-0.2, -0.15) is 18.3 Å². The molecule has 2 aromatic rings. The Morgan fingerprint density at radius 2 is 2.00 bits per heavy atom. The van der Waals surface area contributed by atoms with Crippen LogP contribution in [0.25, 0.3) is 5.69 Å². The predicted octanol–water partition coefficient (Wildman–Crippen LogP) is 3.25. The van der Waals surface area contributed by atoms with Gasteiger partial charge in [-0.15, -0.1) is 0 Å². The lowest BCUT2D eigenvalue weighted by molar-refractivity contribution is -0.137. The number of aryl methyl sites for hydroxylation is 1. The molecule has 1 aromatic heterocycles. The first-order chi connectivity index (χ1) is 7.89. The molecule has 0 bridgehead atoms. The fourth-order valence-corrected chi connectivity index (χ4v) is 1.73. The summed E-state index contributed by atoms with van der Waals surface area (Å²) in [7, 11) is 0. The molecule has 0 radical (unpaired) electrons. The van der Waals surface area contributed by atoms with Crippen LogP contribution in [0.15, 0.2) is 24.8 Å². The van der Waals surface area contributed by atoms with Gasteiger partial charge in [0.05, 0.1) is 16.3 Å². The minimum absolute atomic E-state index is 0.353. The van der Waals surface area contributed by atoms with Crippen molar-refractivity contribution < 1.29 is 13.2 Å². The van der Waals surface area contributed by atoms with E-state index in [0.29, 0.717) is 11.3 Å². The largest absolute Gasteiger partial charge is 0.417 e. The molecule has 0 saturated carbocycles. The number of hydrogen-bond donors (Lipinski definition) is 0. The van der Waals surface area contributed by atoms with Gasteiger partial charge in [0, 0.05) is 0 Å². The Hall–Kier alpha value is -1.56. The lowest BCUT2D eigenvalue weighted by Crippen LogP contribution is -2.08. The molecule has 7 heteroatoms. The summed E-state index contributed by atoms with van der Waals surface area (Å²) in [5.41, 5.74) is 0.0493. The maximum absolute atomic E-state index is 12.6. The molecule has 1 heterocycles. The molecule has 0 N–H and O–H groups in total. The molecule has 90 valence electrons. The number of alkyl halides is 3. The van der Waals surface area contributed by atoms with Crippen LogP contribution in [-0.4, -0.2) is 14.8 Å². The smallest absolute Gasteiger partial charge is 0.223 e. The third-order valence-corrected chi connectivity index (χ3v) is 2.57. The average molecular weight is 262 g/mol. The van der Waals surface area contributed by atoms with Crippen molar-refractivity contribution in [1.29, 1.82) is 0 Å². The van der Waals surface area contributed by atoms with Crippen molar-refractivity contribution in [3.8, 4) is 5.69 Å². The number of benzene rings is 1. The summed E-state index contributed by atoms with van der Waals surface area (Å²) in [5.74, 6) is 0. The van der Waals surface area contributed by atoms with E-state index >= 15 is 0 Å². The second kappa shape index (κ2) is 4.03. The van der Waals surface area contributed by atoms with Crippen molar-refractivity contribution in [3.05, 3.63) is 40.9 Å². The fraction of sp³-hybridized carbons (Fsp3) is 0.200. The van der Waals surface area contributed by atoms with Crippen LogP contribution in [0.1, 0.15) is 11.1 Å². The first-order valence-electron chi connectivity index (χ1n) is 4.62. The summed E-state index contributed by atoms with van der Waals surface area (Å²) in [6, 6.07) is 2.23. The number of aromatic nitrogens is 3. The van der Waals surface area contributed by atoms with E-state index in [1.807, 2.05) is 0 Å². The summed E-state index contributed by atoms with van der Waals surface area (Å²) in [6.45, 7) is 1.56. The highest BCUT2D eigenvalue weighted by atomic mass is 35.5. The van der Waals surface area contributed by atoms with Gasteiger partial charge >= 0.3 is 6.18 Å². The van der Waals surface area contributed by atoms with Crippen LogP contribution in [0.3, 0.4) is 0 Å². The van der Waals surface area contributed by atoms with E-state index in [2.05, 4.69) is 10.1 Å². The molecule has 3 nitrogen and oxygen atoms in total. The van der Waals surface area contributed by atoms with Crippen LogP contribution < -0.4 is 0 Å². The third-order valence-electron chi connectivity index (χ3n) is 2.26. The van der Waals surface area contributed by atoms with E-state index in [-0.39, 0.29) is 5.02 Å². The van der Waals surface area contributed by atoms with Crippen molar-refractivity contribution in [1.82, 2.24) is 14.8 Å². The Balaban J connectivity index is 2.57. The average Bonchev–Trinajstić information content (AvgIpc) is 2.72. The lowest BCUT2D eigenvalue weighted by Gasteiger charge is -2.12. The highest BCUT2D eigenvalue weighted by Crippen LogP contribution is 2.36. The van der Waals surface area contributed by atoms with E-state index < -0.39 is 11.7 Å². The van der Waals surface area contributed by atoms with E-state index in [4.69, 9.17) is 11.6 Å². The number of rotatable bonds is 1. The molecule has 0 amide bonds. The Labute approximate surface area is 99.8 Å². The Bertz CT molecular complexity index is 534. The van der Waals surface area contributed by atoms with Gasteiger partial charge in [-0.05, 0) is 24.6 Å². The molecule has 2 rings (SSSR count). The molecule has 0 fully saturated rings. The molecule has 0 unspecified atom stereocenters. The van der Waals surface area contributed by atoms with Crippen LogP contribution in [-0.2, 0) is 6.18 Å². The zero-order valence-electron chi connectivity index (χ0n) is 8.66. The van der Waals surface area contributed by atoms with Gasteiger partial charge in [-0.1, -0.05) is 11.6 Å². The van der Waals surface area contributed by atoms with Crippen molar-refractivity contribution in [2.45, 2.75) is 13.1 Å². The molecule has 0 aliphatic carbocycles. The summed E-state index contributed by atoms with van der Waals surface area (Å²) in [5, 5.41) is 3.49. The van der Waals surface area contributed by atoms with E-state index in [1.54, 1.807) is 6.92 Å². The first kappa shape index (κ1) is 11.9. The third kappa shape index (κ3) is 2.26. The lowest BCUT2D eigenvalue weighted by atomic mass is 10.1. The summed E-state index contributed by atoms with van der Waals surface area (Å²) >= 11 is 5.62. The molecular formula is C10H7ClF3N3. The van der Waals surface area contributed by atoms with E-state index in [0.717, 1.165) is 6.07 Å². The molecule has 0 aliphatic heterocycles. The van der Waals surface area contributed by atoms with Crippen LogP contribution in [0.5, 0.6) is 0 Å². The zero-order valence-corrected chi connectivity index (χ0v) is 9.42. The van der Waals surface area contributed by atoms with Gasteiger partial charge in [0.15, 0.2) is 0 Å². The van der Waals surface area contributed by atoms with Crippen LogP contribution in [0.2, 0.25) is 5.02 Å². The Morgan fingerprint density at radius 3 is 2.53 bits per heavy atom. The van der Waals surface area contributed by atoms with Crippen molar-refractivity contribution in [2.75, 3.05) is 0 Å². The predicted molar refractivity (Wildman–Crippen MR) is 56.1 cm³/mol. The molecule has 0 spiro atoms. The monoisotopic (exact) mass is 261 g/mol. The van der Waals surface area contributed by atoms with Crippen molar-refractivity contribution in [3.63, 3.8) is 0 Å². The van der Waals surface area contributed by atoms with E-state index in [1.165, 1.54) is 23.4 Å². The second-order valence-electron chi connectivity index (χ2n) is 3.46. The molecule has 0 saturated heterocycles. The maximum atomic E-state index is 12.6. The fourth-order valence-electron chi connectivity index (χ4n) is 1.47. The zero-order chi connectivity index (χ0) is 12.6. The molecule has 1 aromatic carbocycles. The number of hydrogen-bond acceptors (Lipinski definition) is 2. The molecular weight excluding hydrogens is 255 g/mol. The highest BCUT2D eigenvalue weighted by Gasteiger charge is 2.33. The molecule has 0 aliphatic rings. The van der Waals surface area contributed by atoms with Gasteiger partial charge in [-0.25, -0.2) is 9.67 Å². The highest BCUT2D eigenvalue weighted by molar-refractivity contribution is 6.31. The maximum Gasteiger partial charge on any atom is 0.417 e. The summed E-state index contributed by atoms with van der Waals surface area (Å²) in [4.78, 5) is 3.73. The molecule has 17 heavy (non-hydrogen) atoms. The van der Waals surface area contributed by atoms with Crippen molar-refractivity contribution in [2.24, 2.45) is 0 Å². The minimum atomic E-state index is -4.46. The summed E-state index contributed by atoms with van der Waals surface area (Å²) in [6.07, 6.45) is -1.76. The number of halogens is 4. The standard InChI is InChI=1S/C10H7ClF3N3/c1-6-2-7(10(12,13)14)8(11)3-9(6)17-5-15-4-16-17/h2-5H,1H3. The normalized spacial score (nSPS) is 11.8. The van der Waals surface area contributed by atoms with Gasteiger partial charge < -0.3 is 0 Å². The minimum Gasteiger partial charge on any atom is -0.223 e. The second-order valence-corrected chi connectivity index (χ2v) is 3.86. The van der Waals surface area contributed by atoms with Gasteiger partial charge in [0.25, 0.3) is 0 Å². The van der Waals surface area contributed by atoms with Gasteiger partial charge in [0.1, 0.15) is 12.7 Å². The number of nitrogens with zero attached hydrogens (tertiary/aromatic N) is 3.